The van der Waals surface area contributed by atoms with Crippen LogP contribution < -0.4 is 11.1 Å². The summed E-state index contributed by atoms with van der Waals surface area (Å²) in [6.07, 6.45) is 1.62. The van der Waals surface area contributed by atoms with E-state index in [2.05, 4.69) is 5.32 Å². The summed E-state index contributed by atoms with van der Waals surface area (Å²) in [5.41, 5.74) is 7.90. The highest BCUT2D eigenvalue weighted by Gasteiger charge is 2.24. The summed E-state index contributed by atoms with van der Waals surface area (Å²) in [4.78, 5) is 12.1. The molecule has 3 N–H and O–H groups in total. The third kappa shape index (κ3) is 2.57. The van der Waals surface area contributed by atoms with Crippen molar-refractivity contribution in [2.45, 2.75) is 25.4 Å². The number of carbonyl (C=O) groups excluding carboxylic acids is 1. The second kappa shape index (κ2) is 5.31. The van der Waals surface area contributed by atoms with Crippen molar-refractivity contribution in [2.75, 3.05) is 0 Å². The topological polar surface area (TPSA) is 68.3 Å². The van der Waals surface area contributed by atoms with E-state index in [4.69, 9.17) is 21.8 Å². The Bertz CT molecular complexity index is 651. The minimum absolute atomic E-state index is 0.0855. The third-order valence-corrected chi connectivity index (χ3v) is 3.76. The first-order chi connectivity index (χ1) is 9.65. The molecule has 1 aromatic carbocycles. The molecule has 5 heteroatoms. The van der Waals surface area contributed by atoms with Gasteiger partial charge in [0, 0.05) is 11.1 Å². The van der Waals surface area contributed by atoms with Crippen LogP contribution in [0.1, 0.15) is 27.4 Å². The standard InChI is InChI=1S/C15H15ClN2O2/c16-11-2-1-9-6-12(7-10(9)5-11)18-15(19)14-4-3-13(8-17)20-14/h1-5,12H,6-8,17H2,(H,18,19). The van der Waals surface area contributed by atoms with Crippen LogP contribution in [0.25, 0.3) is 0 Å². The van der Waals surface area contributed by atoms with Gasteiger partial charge < -0.3 is 15.5 Å². The largest absolute Gasteiger partial charge is 0.455 e. The summed E-state index contributed by atoms with van der Waals surface area (Å²) >= 11 is 5.98. The summed E-state index contributed by atoms with van der Waals surface area (Å²) in [5.74, 6) is 0.713. The Hall–Kier alpha value is -1.78. The Balaban J connectivity index is 1.67. The number of rotatable bonds is 3. The van der Waals surface area contributed by atoms with E-state index in [0.717, 1.165) is 17.9 Å². The van der Waals surface area contributed by atoms with E-state index >= 15 is 0 Å². The van der Waals surface area contributed by atoms with E-state index in [1.165, 1.54) is 11.1 Å². The van der Waals surface area contributed by atoms with Crippen LogP contribution in [0.15, 0.2) is 34.7 Å². The fourth-order valence-corrected chi connectivity index (χ4v) is 2.75. The number of carbonyl (C=O) groups is 1. The molecule has 1 aliphatic rings. The average molecular weight is 291 g/mol. The van der Waals surface area contributed by atoms with Gasteiger partial charge in [-0.3, -0.25) is 4.79 Å². The molecule has 104 valence electrons. The molecule has 0 bridgehead atoms. The Morgan fingerprint density at radius 2 is 2.10 bits per heavy atom. The molecule has 1 amide bonds. The normalized spacial score (nSPS) is 17.0. The average Bonchev–Trinajstić information content (AvgIpc) is 3.03. The lowest BCUT2D eigenvalue weighted by Gasteiger charge is -2.10. The number of furan rings is 1. The van der Waals surface area contributed by atoms with E-state index in [1.807, 2.05) is 18.2 Å². The van der Waals surface area contributed by atoms with E-state index in [0.29, 0.717) is 18.1 Å². The number of nitrogens with two attached hydrogens (primary N) is 1. The highest BCUT2D eigenvalue weighted by atomic mass is 35.5. The predicted molar refractivity (Wildman–Crippen MR) is 76.7 cm³/mol. The van der Waals surface area contributed by atoms with E-state index < -0.39 is 0 Å². The van der Waals surface area contributed by atoms with Crippen LogP contribution in [-0.4, -0.2) is 11.9 Å². The number of hydrogen-bond acceptors (Lipinski definition) is 3. The molecule has 1 atom stereocenters. The van der Waals surface area contributed by atoms with Crippen molar-refractivity contribution in [3.05, 3.63) is 58.0 Å². The second-order valence-corrected chi connectivity index (χ2v) is 5.40. The van der Waals surface area contributed by atoms with Gasteiger partial charge in [0.2, 0.25) is 0 Å². The molecule has 2 aromatic rings. The van der Waals surface area contributed by atoms with Crippen LogP contribution in [0.4, 0.5) is 0 Å². The van der Waals surface area contributed by atoms with Crippen molar-refractivity contribution in [1.29, 1.82) is 0 Å². The summed E-state index contributed by atoms with van der Waals surface area (Å²) in [5, 5.41) is 3.71. The Morgan fingerprint density at radius 3 is 2.85 bits per heavy atom. The third-order valence-electron chi connectivity index (χ3n) is 3.52. The number of hydrogen-bond donors (Lipinski definition) is 2. The summed E-state index contributed by atoms with van der Waals surface area (Å²) in [7, 11) is 0. The molecule has 1 aromatic heterocycles. The van der Waals surface area contributed by atoms with Crippen molar-refractivity contribution in [2.24, 2.45) is 5.73 Å². The van der Waals surface area contributed by atoms with Crippen LogP contribution >= 0.6 is 11.6 Å². The summed E-state index contributed by atoms with van der Waals surface area (Å²) in [6.45, 7) is 0.292. The maximum Gasteiger partial charge on any atom is 0.287 e. The van der Waals surface area contributed by atoms with Gasteiger partial charge in [0.25, 0.3) is 5.91 Å². The lowest BCUT2D eigenvalue weighted by Crippen LogP contribution is -2.35. The summed E-state index contributed by atoms with van der Waals surface area (Å²) < 4.78 is 5.34. The van der Waals surface area contributed by atoms with Gasteiger partial charge in [-0.05, 0) is 48.2 Å². The number of halogens is 1. The Kier molecular flexibility index (Phi) is 3.51. The maximum absolute atomic E-state index is 12.1. The highest BCUT2D eigenvalue weighted by molar-refractivity contribution is 6.30. The van der Waals surface area contributed by atoms with Crippen LogP contribution in [0, 0.1) is 0 Å². The van der Waals surface area contributed by atoms with Gasteiger partial charge in [0.1, 0.15) is 5.76 Å². The van der Waals surface area contributed by atoms with Gasteiger partial charge in [-0.15, -0.1) is 0 Å². The minimum Gasteiger partial charge on any atom is -0.455 e. The Morgan fingerprint density at radius 1 is 1.30 bits per heavy atom. The molecule has 3 rings (SSSR count). The predicted octanol–water partition coefficient (Wildman–Crippen LogP) is 2.29. The van der Waals surface area contributed by atoms with Crippen LogP contribution in [-0.2, 0) is 19.4 Å². The molecular formula is C15H15ClN2O2. The first-order valence-electron chi connectivity index (χ1n) is 6.52. The molecule has 0 saturated heterocycles. The van der Waals surface area contributed by atoms with Crippen molar-refractivity contribution in [3.8, 4) is 0 Å². The second-order valence-electron chi connectivity index (χ2n) is 4.96. The molecule has 4 nitrogen and oxygen atoms in total. The SMILES string of the molecule is NCc1ccc(C(=O)NC2Cc3ccc(Cl)cc3C2)o1. The quantitative estimate of drug-likeness (QED) is 0.911. The molecule has 0 saturated carbocycles. The monoisotopic (exact) mass is 290 g/mol. The lowest BCUT2D eigenvalue weighted by molar-refractivity contribution is 0.0909. The Labute approximate surface area is 121 Å². The van der Waals surface area contributed by atoms with Crippen LogP contribution in [0.2, 0.25) is 5.02 Å². The zero-order chi connectivity index (χ0) is 14.1. The zero-order valence-corrected chi connectivity index (χ0v) is 11.6. The summed E-state index contributed by atoms with van der Waals surface area (Å²) in [6, 6.07) is 9.31. The van der Waals surface area contributed by atoms with Crippen LogP contribution in [0.3, 0.4) is 0 Å². The molecule has 0 aliphatic heterocycles. The molecular weight excluding hydrogens is 276 g/mol. The fraction of sp³-hybridized carbons (Fsp3) is 0.267. The van der Waals surface area contributed by atoms with Crippen LogP contribution in [0.5, 0.6) is 0 Å². The fourth-order valence-electron chi connectivity index (χ4n) is 2.55. The minimum atomic E-state index is -0.200. The maximum atomic E-state index is 12.1. The van der Waals surface area contributed by atoms with Gasteiger partial charge >= 0.3 is 0 Å². The lowest BCUT2D eigenvalue weighted by atomic mass is 10.1. The molecule has 0 spiro atoms. The van der Waals surface area contributed by atoms with Crippen molar-refractivity contribution < 1.29 is 9.21 Å². The van der Waals surface area contributed by atoms with Crippen molar-refractivity contribution in [3.63, 3.8) is 0 Å². The van der Waals surface area contributed by atoms with Gasteiger partial charge in [-0.1, -0.05) is 17.7 Å². The molecule has 1 heterocycles. The molecule has 0 radical (unpaired) electrons. The first-order valence-corrected chi connectivity index (χ1v) is 6.90. The molecule has 1 aliphatic carbocycles. The number of fused-ring (bicyclic) bond motifs is 1. The van der Waals surface area contributed by atoms with Crippen molar-refractivity contribution in [1.82, 2.24) is 5.32 Å². The van der Waals surface area contributed by atoms with E-state index in [1.54, 1.807) is 12.1 Å². The zero-order valence-electron chi connectivity index (χ0n) is 10.9. The number of amides is 1. The number of benzene rings is 1. The van der Waals surface area contributed by atoms with E-state index in [9.17, 15) is 4.79 Å². The van der Waals surface area contributed by atoms with Gasteiger partial charge in [0.15, 0.2) is 5.76 Å². The number of nitrogens with one attached hydrogen (secondary N) is 1. The molecule has 0 fully saturated rings. The van der Waals surface area contributed by atoms with Gasteiger partial charge in [0.05, 0.1) is 6.54 Å². The smallest absolute Gasteiger partial charge is 0.287 e. The highest BCUT2D eigenvalue weighted by Crippen LogP contribution is 2.25. The van der Waals surface area contributed by atoms with Gasteiger partial charge in [-0.25, -0.2) is 0 Å². The molecule has 20 heavy (non-hydrogen) atoms. The molecule has 1 unspecified atom stereocenters. The van der Waals surface area contributed by atoms with Gasteiger partial charge in [-0.2, -0.15) is 0 Å². The first kappa shape index (κ1) is 13.2. The van der Waals surface area contributed by atoms with E-state index in [-0.39, 0.29) is 11.9 Å². The van der Waals surface area contributed by atoms with Crippen molar-refractivity contribution >= 4 is 17.5 Å².